The van der Waals surface area contributed by atoms with Crippen LogP contribution in [0.5, 0.6) is 0 Å². The molecule has 0 aliphatic heterocycles. The van der Waals surface area contributed by atoms with Crippen molar-refractivity contribution < 1.29 is 4.42 Å². The molecule has 0 bridgehead atoms. The molecule has 1 heterocycles. The lowest BCUT2D eigenvalue weighted by Crippen LogP contribution is -1.80. The Labute approximate surface area is 130 Å². The van der Waals surface area contributed by atoms with Crippen LogP contribution >= 0.6 is 0 Å². The summed E-state index contributed by atoms with van der Waals surface area (Å²) in [6.07, 6.45) is 1.04. The molecule has 0 unspecified atom stereocenters. The summed E-state index contributed by atoms with van der Waals surface area (Å²) in [5, 5.41) is 2.41. The highest BCUT2D eigenvalue weighted by Gasteiger charge is 2.12. The van der Waals surface area contributed by atoms with Gasteiger partial charge in [0.15, 0.2) is 0 Å². The van der Waals surface area contributed by atoms with Crippen LogP contribution in [0.2, 0.25) is 0 Å². The molecule has 1 aromatic heterocycles. The molecule has 0 fully saturated rings. The first-order valence-corrected chi connectivity index (χ1v) is 7.77. The summed E-state index contributed by atoms with van der Waals surface area (Å²) < 4.78 is 6.18. The number of rotatable bonds is 2. The lowest BCUT2D eigenvalue weighted by molar-refractivity contribution is 0.670. The molecule has 0 atom stereocenters. The molecule has 0 amide bonds. The predicted molar refractivity (Wildman–Crippen MR) is 93.3 cm³/mol. The fraction of sp³-hybridized carbons (Fsp3) is 0.143. The number of fused-ring (bicyclic) bond motifs is 3. The van der Waals surface area contributed by atoms with E-state index in [1.54, 1.807) is 0 Å². The van der Waals surface area contributed by atoms with E-state index in [0.717, 1.165) is 23.2 Å². The summed E-state index contributed by atoms with van der Waals surface area (Å²) in [6.45, 7) is 4.30. The second-order valence-corrected chi connectivity index (χ2v) is 5.84. The molecule has 108 valence electrons. The average Bonchev–Trinajstić information content (AvgIpc) is 2.92. The Balaban J connectivity index is 2.05. The van der Waals surface area contributed by atoms with Crippen molar-refractivity contribution in [2.75, 3.05) is 0 Å². The molecule has 0 aliphatic carbocycles. The van der Waals surface area contributed by atoms with E-state index in [1.165, 1.54) is 27.5 Å². The van der Waals surface area contributed by atoms with Gasteiger partial charge in [0.25, 0.3) is 0 Å². The summed E-state index contributed by atoms with van der Waals surface area (Å²) in [7, 11) is 0. The highest BCUT2D eigenvalue weighted by Crippen LogP contribution is 2.36. The van der Waals surface area contributed by atoms with Crippen molar-refractivity contribution in [2.45, 2.75) is 20.3 Å². The molecular formula is C21H18O. The quantitative estimate of drug-likeness (QED) is 0.432. The van der Waals surface area contributed by atoms with Gasteiger partial charge in [-0.2, -0.15) is 0 Å². The SMILES string of the molecule is CCc1ccc2oc3c(-c4cccc(C)c4)cccc3c2c1. The van der Waals surface area contributed by atoms with Crippen LogP contribution < -0.4 is 0 Å². The van der Waals surface area contributed by atoms with Gasteiger partial charge < -0.3 is 4.42 Å². The van der Waals surface area contributed by atoms with Crippen LogP contribution in [0.1, 0.15) is 18.1 Å². The monoisotopic (exact) mass is 286 g/mol. The van der Waals surface area contributed by atoms with E-state index in [0.29, 0.717) is 0 Å². The van der Waals surface area contributed by atoms with Crippen molar-refractivity contribution in [2.24, 2.45) is 0 Å². The van der Waals surface area contributed by atoms with Gasteiger partial charge in [-0.1, -0.05) is 61.0 Å². The topological polar surface area (TPSA) is 13.1 Å². The van der Waals surface area contributed by atoms with E-state index in [1.807, 2.05) is 0 Å². The van der Waals surface area contributed by atoms with E-state index in [4.69, 9.17) is 4.42 Å². The lowest BCUT2D eigenvalue weighted by Gasteiger charge is -2.03. The molecule has 22 heavy (non-hydrogen) atoms. The molecule has 1 heteroatoms. The summed E-state index contributed by atoms with van der Waals surface area (Å²) in [4.78, 5) is 0. The molecule has 0 aliphatic rings. The molecule has 4 rings (SSSR count). The Bertz CT molecular complexity index is 976. The third-order valence-electron chi connectivity index (χ3n) is 4.30. The maximum atomic E-state index is 6.18. The van der Waals surface area contributed by atoms with E-state index in [-0.39, 0.29) is 0 Å². The summed E-state index contributed by atoms with van der Waals surface area (Å²) in [5.41, 5.74) is 6.93. The van der Waals surface area contributed by atoms with Gasteiger partial charge in [-0.3, -0.25) is 0 Å². The minimum atomic E-state index is 0.965. The van der Waals surface area contributed by atoms with Gasteiger partial charge in [-0.25, -0.2) is 0 Å². The number of hydrogen-bond donors (Lipinski definition) is 0. The fourth-order valence-electron chi connectivity index (χ4n) is 3.11. The minimum absolute atomic E-state index is 0.965. The van der Waals surface area contributed by atoms with Crippen LogP contribution in [0.3, 0.4) is 0 Å². The van der Waals surface area contributed by atoms with E-state index in [9.17, 15) is 0 Å². The Kier molecular flexibility index (Phi) is 3.00. The van der Waals surface area contributed by atoms with Crippen LogP contribution in [0.15, 0.2) is 65.1 Å². The first-order valence-electron chi connectivity index (χ1n) is 7.77. The second kappa shape index (κ2) is 5.03. The largest absolute Gasteiger partial charge is 0.455 e. The standard InChI is InChI=1S/C21H18O/c1-3-15-10-11-20-19(13-15)18-9-5-8-17(21(18)22-20)16-7-4-6-14(2)12-16/h4-13H,3H2,1-2H3. The number of furan rings is 1. The van der Waals surface area contributed by atoms with Gasteiger partial charge in [0.2, 0.25) is 0 Å². The maximum absolute atomic E-state index is 6.18. The van der Waals surface area contributed by atoms with Crippen molar-refractivity contribution in [3.8, 4) is 11.1 Å². The van der Waals surface area contributed by atoms with Crippen molar-refractivity contribution in [3.05, 3.63) is 71.8 Å². The maximum Gasteiger partial charge on any atom is 0.143 e. The number of benzene rings is 3. The van der Waals surface area contributed by atoms with Gasteiger partial charge in [0.05, 0.1) is 0 Å². The van der Waals surface area contributed by atoms with Gasteiger partial charge >= 0.3 is 0 Å². The van der Waals surface area contributed by atoms with Gasteiger partial charge in [-0.05, 0) is 36.6 Å². The zero-order valence-corrected chi connectivity index (χ0v) is 12.9. The Morgan fingerprint density at radius 2 is 1.73 bits per heavy atom. The third-order valence-corrected chi connectivity index (χ3v) is 4.30. The predicted octanol–water partition coefficient (Wildman–Crippen LogP) is 6.12. The number of hydrogen-bond acceptors (Lipinski definition) is 1. The fourth-order valence-corrected chi connectivity index (χ4v) is 3.11. The van der Waals surface area contributed by atoms with Crippen LogP contribution in [-0.2, 0) is 6.42 Å². The molecule has 0 radical (unpaired) electrons. The highest BCUT2D eigenvalue weighted by atomic mass is 16.3. The zero-order valence-electron chi connectivity index (χ0n) is 12.9. The highest BCUT2D eigenvalue weighted by molar-refractivity contribution is 6.09. The minimum Gasteiger partial charge on any atom is -0.455 e. The third kappa shape index (κ3) is 2.01. The molecule has 0 N–H and O–H groups in total. The van der Waals surface area contributed by atoms with Crippen LogP contribution in [0.4, 0.5) is 0 Å². The molecule has 4 aromatic rings. The summed E-state index contributed by atoms with van der Waals surface area (Å²) in [6, 6.07) is 21.5. The Morgan fingerprint density at radius 3 is 2.55 bits per heavy atom. The van der Waals surface area contributed by atoms with E-state index >= 15 is 0 Å². The van der Waals surface area contributed by atoms with E-state index in [2.05, 4.69) is 74.5 Å². The molecule has 3 aromatic carbocycles. The van der Waals surface area contributed by atoms with Crippen LogP contribution in [-0.4, -0.2) is 0 Å². The molecule has 0 saturated heterocycles. The van der Waals surface area contributed by atoms with Gasteiger partial charge in [0, 0.05) is 16.3 Å². The Morgan fingerprint density at radius 1 is 0.864 bits per heavy atom. The average molecular weight is 286 g/mol. The number of aryl methyl sites for hydroxylation is 2. The summed E-state index contributed by atoms with van der Waals surface area (Å²) >= 11 is 0. The molecule has 0 saturated carbocycles. The van der Waals surface area contributed by atoms with Crippen LogP contribution in [0.25, 0.3) is 33.1 Å². The van der Waals surface area contributed by atoms with Crippen LogP contribution in [0, 0.1) is 6.92 Å². The zero-order chi connectivity index (χ0) is 15.1. The summed E-state index contributed by atoms with van der Waals surface area (Å²) in [5.74, 6) is 0. The molecule has 1 nitrogen and oxygen atoms in total. The number of para-hydroxylation sites is 1. The van der Waals surface area contributed by atoms with Crippen molar-refractivity contribution in [1.82, 2.24) is 0 Å². The van der Waals surface area contributed by atoms with Crippen molar-refractivity contribution in [1.29, 1.82) is 0 Å². The molecular weight excluding hydrogens is 268 g/mol. The van der Waals surface area contributed by atoms with Crippen molar-refractivity contribution >= 4 is 21.9 Å². The first-order chi connectivity index (χ1) is 10.8. The molecule has 0 spiro atoms. The Hall–Kier alpha value is -2.54. The van der Waals surface area contributed by atoms with E-state index < -0.39 is 0 Å². The second-order valence-electron chi connectivity index (χ2n) is 5.84. The first kappa shape index (κ1) is 13.1. The van der Waals surface area contributed by atoms with Crippen molar-refractivity contribution in [3.63, 3.8) is 0 Å². The van der Waals surface area contributed by atoms with Gasteiger partial charge in [0.1, 0.15) is 11.2 Å². The van der Waals surface area contributed by atoms with Gasteiger partial charge in [-0.15, -0.1) is 0 Å². The smallest absolute Gasteiger partial charge is 0.143 e. The normalized spacial score (nSPS) is 11.4. The lowest BCUT2D eigenvalue weighted by atomic mass is 10.0.